The average Bonchev–Trinajstić information content (AvgIpc) is 2.58. The van der Waals surface area contributed by atoms with Crippen molar-refractivity contribution in [1.29, 1.82) is 0 Å². The lowest BCUT2D eigenvalue weighted by molar-refractivity contribution is 0.112. The Morgan fingerprint density at radius 3 is 2.61 bits per heavy atom. The molecular formula is C13H13ClN2O2. The summed E-state index contributed by atoms with van der Waals surface area (Å²) in [6.45, 7) is 3.74. The van der Waals surface area contributed by atoms with Gasteiger partial charge in [-0.3, -0.25) is 9.48 Å². The van der Waals surface area contributed by atoms with Gasteiger partial charge in [-0.2, -0.15) is 5.10 Å². The molecule has 94 valence electrons. The van der Waals surface area contributed by atoms with Gasteiger partial charge in [0.05, 0.1) is 16.3 Å². The van der Waals surface area contributed by atoms with Gasteiger partial charge in [0, 0.05) is 7.05 Å². The molecule has 0 bridgehead atoms. The van der Waals surface area contributed by atoms with Crippen LogP contribution in [0.2, 0.25) is 5.02 Å². The third-order valence-corrected chi connectivity index (χ3v) is 3.07. The maximum absolute atomic E-state index is 11.0. The molecule has 1 aromatic heterocycles. The van der Waals surface area contributed by atoms with E-state index < -0.39 is 0 Å². The van der Waals surface area contributed by atoms with Crippen molar-refractivity contribution in [3.05, 3.63) is 40.2 Å². The van der Waals surface area contributed by atoms with Crippen LogP contribution < -0.4 is 4.74 Å². The van der Waals surface area contributed by atoms with Crippen molar-refractivity contribution in [1.82, 2.24) is 9.78 Å². The molecule has 4 nitrogen and oxygen atoms in total. The Morgan fingerprint density at radius 2 is 2.06 bits per heavy atom. The lowest BCUT2D eigenvalue weighted by Crippen LogP contribution is -1.95. The van der Waals surface area contributed by atoms with Crippen LogP contribution in [0.1, 0.15) is 21.7 Å². The maximum atomic E-state index is 11.0. The van der Waals surface area contributed by atoms with Gasteiger partial charge in [-0.1, -0.05) is 17.7 Å². The van der Waals surface area contributed by atoms with E-state index in [0.717, 1.165) is 17.7 Å². The molecule has 0 radical (unpaired) electrons. The first-order chi connectivity index (χ1) is 8.54. The Bertz CT molecular complexity index is 605. The lowest BCUT2D eigenvalue weighted by atomic mass is 10.2. The average molecular weight is 265 g/mol. The number of rotatable bonds is 3. The summed E-state index contributed by atoms with van der Waals surface area (Å²) in [7, 11) is 1.84. The summed E-state index contributed by atoms with van der Waals surface area (Å²) in [5.74, 6) is 1.00. The molecule has 1 heterocycles. The Kier molecular flexibility index (Phi) is 3.39. The highest BCUT2D eigenvalue weighted by atomic mass is 35.5. The number of ether oxygens (including phenoxy) is 1. The molecule has 2 aromatic rings. The third-order valence-electron chi connectivity index (χ3n) is 2.77. The summed E-state index contributed by atoms with van der Waals surface area (Å²) in [6, 6.07) is 5.06. The number of halogens is 1. The molecule has 0 N–H and O–H groups in total. The number of benzene rings is 1. The van der Waals surface area contributed by atoms with Crippen LogP contribution in [0.5, 0.6) is 11.5 Å². The quantitative estimate of drug-likeness (QED) is 0.799. The van der Waals surface area contributed by atoms with E-state index in [9.17, 15) is 4.79 Å². The molecule has 0 aliphatic rings. The summed E-state index contributed by atoms with van der Waals surface area (Å²) < 4.78 is 7.49. The Balaban J connectivity index is 2.49. The van der Waals surface area contributed by atoms with E-state index in [4.69, 9.17) is 16.3 Å². The monoisotopic (exact) mass is 264 g/mol. The van der Waals surface area contributed by atoms with Crippen LogP contribution in [0.4, 0.5) is 0 Å². The Morgan fingerprint density at radius 1 is 1.33 bits per heavy atom. The fraction of sp³-hybridized carbons (Fsp3) is 0.231. The first-order valence-corrected chi connectivity index (χ1v) is 5.84. The summed E-state index contributed by atoms with van der Waals surface area (Å²) in [6.07, 6.45) is 0.724. The summed E-state index contributed by atoms with van der Waals surface area (Å²) >= 11 is 6.06. The maximum Gasteiger partial charge on any atom is 0.171 e. The second-order valence-electron chi connectivity index (χ2n) is 4.00. The van der Waals surface area contributed by atoms with Crippen LogP contribution >= 0.6 is 11.6 Å². The van der Waals surface area contributed by atoms with E-state index >= 15 is 0 Å². The fourth-order valence-corrected chi connectivity index (χ4v) is 1.95. The molecule has 0 amide bonds. The van der Waals surface area contributed by atoms with Crippen LogP contribution in [-0.4, -0.2) is 16.1 Å². The van der Waals surface area contributed by atoms with Crippen LogP contribution in [0.25, 0.3) is 0 Å². The smallest absolute Gasteiger partial charge is 0.171 e. The van der Waals surface area contributed by atoms with Crippen LogP contribution in [-0.2, 0) is 7.05 Å². The van der Waals surface area contributed by atoms with E-state index in [1.807, 2.05) is 20.9 Å². The first kappa shape index (κ1) is 12.6. The molecule has 0 aliphatic carbocycles. The predicted octanol–water partition coefficient (Wildman–Crippen LogP) is 3.30. The van der Waals surface area contributed by atoms with E-state index in [-0.39, 0.29) is 0 Å². The van der Waals surface area contributed by atoms with E-state index in [1.54, 1.807) is 22.9 Å². The van der Waals surface area contributed by atoms with E-state index in [2.05, 4.69) is 5.10 Å². The highest BCUT2D eigenvalue weighted by Gasteiger charge is 2.15. The second-order valence-corrected chi connectivity index (χ2v) is 4.41. The van der Waals surface area contributed by atoms with Gasteiger partial charge in [0.2, 0.25) is 0 Å². The molecule has 0 fully saturated rings. The molecule has 1 aromatic carbocycles. The zero-order valence-corrected chi connectivity index (χ0v) is 11.2. The van der Waals surface area contributed by atoms with Gasteiger partial charge < -0.3 is 4.74 Å². The molecule has 0 spiro atoms. The van der Waals surface area contributed by atoms with Crippen LogP contribution in [0.15, 0.2) is 18.2 Å². The SMILES string of the molecule is Cc1nn(C)c(C)c1Oc1c(Cl)cccc1C=O. The summed E-state index contributed by atoms with van der Waals surface area (Å²) in [4.78, 5) is 11.0. The number of para-hydroxylation sites is 1. The van der Waals surface area contributed by atoms with Crippen molar-refractivity contribution < 1.29 is 9.53 Å². The number of hydrogen-bond acceptors (Lipinski definition) is 3. The number of aldehydes is 1. The van der Waals surface area contributed by atoms with Crippen LogP contribution in [0, 0.1) is 13.8 Å². The molecule has 0 aliphatic heterocycles. The van der Waals surface area contributed by atoms with Crippen LogP contribution in [0.3, 0.4) is 0 Å². The molecular weight excluding hydrogens is 252 g/mol. The molecule has 18 heavy (non-hydrogen) atoms. The highest BCUT2D eigenvalue weighted by molar-refractivity contribution is 6.32. The van der Waals surface area contributed by atoms with Gasteiger partial charge in [-0.05, 0) is 26.0 Å². The normalized spacial score (nSPS) is 10.4. The van der Waals surface area contributed by atoms with Gasteiger partial charge in [-0.25, -0.2) is 0 Å². The minimum atomic E-state index is 0.369. The Labute approximate surface area is 110 Å². The van der Waals surface area contributed by atoms with E-state index in [1.165, 1.54) is 0 Å². The van der Waals surface area contributed by atoms with E-state index in [0.29, 0.717) is 22.1 Å². The standard InChI is InChI=1S/C13H13ClN2O2/c1-8-12(9(2)16(3)15-8)18-13-10(7-17)5-4-6-11(13)14/h4-7H,1-3H3. The van der Waals surface area contributed by atoms with Gasteiger partial charge in [0.25, 0.3) is 0 Å². The molecule has 0 saturated heterocycles. The largest absolute Gasteiger partial charge is 0.451 e. The third kappa shape index (κ3) is 2.11. The minimum absolute atomic E-state index is 0.369. The van der Waals surface area contributed by atoms with Gasteiger partial charge in [0.15, 0.2) is 17.8 Å². The van der Waals surface area contributed by atoms with Crippen molar-refractivity contribution in [2.45, 2.75) is 13.8 Å². The fourth-order valence-electron chi connectivity index (χ4n) is 1.73. The van der Waals surface area contributed by atoms with Crippen molar-refractivity contribution in [3.8, 4) is 11.5 Å². The molecule has 0 unspecified atom stereocenters. The van der Waals surface area contributed by atoms with Gasteiger partial charge in [0.1, 0.15) is 5.69 Å². The lowest BCUT2D eigenvalue weighted by Gasteiger charge is -2.09. The summed E-state index contributed by atoms with van der Waals surface area (Å²) in [5.41, 5.74) is 2.06. The molecule has 5 heteroatoms. The number of nitrogens with zero attached hydrogens (tertiary/aromatic N) is 2. The molecule has 0 saturated carbocycles. The number of carbonyl (C=O) groups excluding carboxylic acids is 1. The number of hydrogen-bond donors (Lipinski definition) is 0. The highest BCUT2D eigenvalue weighted by Crippen LogP contribution is 2.34. The predicted molar refractivity (Wildman–Crippen MR) is 69.6 cm³/mol. The number of carbonyl (C=O) groups is 1. The topological polar surface area (TPSA) is 44.1 Å². The van der Waals surface area contributed by atoms with Gasteiger partial charge in [-0.15, -0.1) is 0 Å². The van der Waals surface area contributed by atoms with Crippen molar-refractivity contribution in [2.24, 2.45) is 7.05 Å². The van der Waals surface area contributed by atoms with Crippen molar-refractivity contribution in [3.63, 3.8) is 0 Å². The number of aryl methyl sites for hydroxylation is 2. The van der Waals surface area contributed by atoms with Crippen molar-refractivity contribution in [2.75, 3.05) is 0 Å². The van der Waals surface area contributed by atoms with Gasteiger partial charge >= 0.3 is 0 Å². The summed E-state index contributed by atoms with van der Waals surface area (Å²) in [5, 5.41) is 4.66. The Hall–Kier alpha value is -1.81. The molecule has 2 rings (SSSR count). The zero-order chi connectivity index (χ0) is 13.3. The zero-order valence-electron chi connectivity index (χ0n) is 10.4. The second kappa shape index (κ2) is 4.82. The number of aromatic nitrogens is 2. The minimum Gasteiger partial charge on any atom is -0.451 e. The molecule has 0 atom stereocenters. The first-order valence-electron chi connectivity index (χ1n) is 5.46. The van der Waals surface area contributed by atoms with Crippen molar-refractivity contribution >= 4 is 17.9 Å².